The summed E-state index contributed by atoms with van der Waals surface area (Å²) in [5.41, 5.74) is 0.384. The van der Waals surface area contributed by atoms with Gasteiger partial charge in [0.2, 0.25) is 10.0 Å². The molecule has 12 heteroatoms. The molecule has 31 heavy (non-hydrogen) atoms. The standard InChI is InChI=1S/C18H16F2N2O3S2.CH2O3/c1-18(11-5-3-2-4-6-11)10-15(18)22-27(23,24)16-8-7-14(26-16)13-9-12(17(19)20)21-25-13;2-1(3)4/h2-9,15,17,22H,10H2,1H3;(H2,2,3,4)/t15-,18+;/m0./s1. The molecule has 166 valence electrons. The van der Waals surface area contributed by atoms with Crippen LogP contribution in [0.3, 0.4) is 0 Å². The molecule has 1 aromatic carbocycles. The summed E-state index contributed by atoms with van der Waals surface area (Å²) in [4.78, 5) is 8.98. The Balaban J connectivity index is 0.000000628. The number of carboxylic acid groups (broad SMARTS) is 2. The Kier molecular flexibility index (Phi) is 6.43. The number of hydrogen-bond acceptors (Lipinski definition) is 6. The maximum Gasteiger partial charge on any atom is 0.503 e. The summed E-state index contributed by atoms with van der Waals surface area (Å²) >= 11 is 0.955. The van der Waals surface area contributed by atoms with Gasteiger partial charge in [-0.3, -0.25) is 0 Å². The van der Waals surface area contributed by atoms with E-state index in [-0.39, 0.29) is 21.4 Å². The minimum absolute atomic E-state index is 0.106. The van der Waals surface area contributed by atoms with Crippen molar-refractivity contribution in [3.63, 3.8) is 0 Å². The van der Waals surface area contributed by atoms with Crippen molar-refractivity contribution >= 4 is 27.5 Å². The van der Waals surface area contributed by atoms with Crippen LogP contribution < -0.4 is 4.72 Å². The van der Waals surface area contributed by atoms with E-state index in [9.17, 15) is 17.2 Å². The normalized spacial score (nSPS) is 20.2. The molecule has 1 aliphatic rings. The van der Waals surface area contributed by atoms with E-state index in [0.29, 0.717) is 11.3 Å². The zero-order valence-corrected chi connectivity index (χ0v) is 17.7. The molecule has 4 rings (SSSR count). The number of carbonyl (C=O) groups is 1. The molecular formula is C19H18F2N2O6S2. The molecule has 0 radical (unpaired) electrons. The highest BCUT2D eigenvalue weighted by Crippen LogP contribution is 2.48. The number of hydrogen-bond donors (Lipinski definition) is 3. The Morgan fingerprint density at radius 2 is 1.90 bits per heavy atom. The van der Waals surface area contributed by atoms with Crippen molar-refractivity contribution in [2.75, 3.05) is 0 Å². The lowest BCUT2D eigenvalue weighted by atomic mass is 9.98. The van der Waals surface area contributed by atoms with Crippen LogP contribution in [0.1, 0.15) is 31.0 Å². The summed E-state index contributed by atoms with van der Waals surface area (Å²) in [5, 5.41) is 17.2. The summed E-state index contributed by atoms with van der Waals surface area (Å²) in [7, 11) is -3.71. The Labute approximate surface area is 180 Å². The molecule has 0 spiro atoms. The first-order valence-electron chi connectivity index (χ1n) is 8.87. The van der Waals surface area contributed by atoms with Crippen LogP contribution in [0.2, 0.25) is 0 Å². The number of nitrogens with one attached hydrogen (secondary N) is 1. The number of halogens is 2. The van der Waals surface area contributed by atoms with Crippen molar-refractivity contribution in [2.24, 2.45) is 0 Å². The molecule has 0 unspecified atom stereocenters. The van der Waals surface area contributed by atoms with E-state index in [4.69, 9.17) is 19.5 Å². The Morgan fingerprint density at radius 1 is 1.26 bits per heavy atom. The van der Waals surface area contributed by atoms with Gasteiger partial charge in [0, 0.05) is 17.5 Å². The van der Waals surface area contributed by atoms with Crippen LogP contribution in [0.15, 0.2) is 57.3 Å². The molecule has 3 N–H and O–H groups in total. The number of rotatable bonds is 6. The van der Waals surface area contributed by atoms with E-state index in [2.05, 4.69) is 9.88 Å². The third kappa shape index (κ3) is 5.27. The number of nitrogens with zero attached hydrogens (tertiary/aromatic N) is 1. The van der Waals surface area contributed by atoms with Gasteiger partial charge in [0.05, 0.1) is 4.88 Å². The van der Waals surface area contributed by atoms with E-state index >= 15 is 0 Å². The van der Waals surface area contributed by atoms with Gasteiger partial charge in [0.25, 0.3) is 6.43 Å². The second-order valence-corrected chi connectivity index (χ2v) is 10.0. The maximum absolute atomic E-state index is 12.7. The summed E-state index contributed by atoms with van der Waals surface area (Å²) in [6, 6.07) is 13.7. The second kappa shape index (κ2) is 8.73. The van der Waals surface area contributed by atoms with Crippen molar-refractivity contribution in [3.05, 3.63) is 59.8 Å². The lowest BCUT2D eigenvalue weighted by molar-refractivity contribution is 0.136. The lowest BCUT2D eigenvalue weighted by Crippen LogP contribution is -2.29. The van der Waals surface area contributed by atoms with Crippen LogP contribution in [0.5, 0.6) is 0 Å². The molecular weight excluding hydrogens is 454 g/mol. The van der Waals surface area contributed by atoms with Crippen molar-refractivity contribution in [2.45, 2.75) is 35.4 Å². The Bertz CT molecular complexity index is 1160. The third-order valence-corrected chi connectivity index (χ3v) is 7.87. The monoisotopic (exact) mass is 472 g/mol. The van der Waals surface area contributed by atoms with Crippen molar-refractivity contribution < 1.29 is 36.7 Å². The average Bonchev–Trinajstić information content (AvgIpc) is 3.14. The van der Waals surface area contributed by atoms with E-state index in [0.717, 1.165) is 23.0 Å². The molecule has 0 aliphatic heterocycles. The molecule has 0 amide bonds. The summed E-state index contributed by atoms with van der Waals surface area (Å²) in [6.07, 6.45) is -3.85. The predicted molar refractivity (Wildman–Crippen MR) is 108 cm³/mol. The minimum Gasteiger partial charge on any atom is -0.450 e. The molecule has 0 bridgehead atoms. The SMILES string of the molecule is C[C@]1(c2ccccc2)C[C@@H]1NS(=O)(=O)c1ccc(-c2cc(C(F)F)no2)s1.O=C(O)O. The summed E-state index contributed by atoms with van der Waals surface area (Å²) in [6.45, 7) is 2.02. The molecule has 1 fully saturated rings. The van der Waals surface area contributed by atoms with Gasteiger partial charge in [-0.05, 0) is 24.1 Å². The number of benzene rings is 1. The number of sulfonamides is 1. The Morgan fingerprint density at radius 3 is 2.48 bits per heavy atom. The fraction of sp³-hybridized carbons (Fsp3) is 0.263. The van der Waals surface area contributed by atoms with Gasteiger partial charge < -0.3 is 14.7 Å². The first-order chi connectivity index (χ1) is 14.5. The summed E-state index contributed by atoms with van der Waals surface area (Å²) < 4.78 is 58.4. The molecule has 1 aliphatic carbocycles. The molecule has 2 aromatic heterocycles. The van der Waals surface area contributed by atoms with Crippen LogP contribution in [0, 0.1) is 0 Å². The van der Waals surface area contributed by atoms with Crippen molar-refractivity contribution in [1.29, 1.82) is 0 Å². The van der Waals surface area contributed by atoms with Gasteiger partial charge >= 0.3 is 6.16 Å². The lowest BCUT2D eigenvalue weighted by Gasteiger charge is -2.12. The maximum atomic E-state index is 12.7. The van der Waals surface area contributed by atoms with Gasteiger partial charge in [0.15, 0.2) is 5.76 Å². The fourth-order valence-electron chi connectivity index (χ4n) is 3.02. The van der Waals surface area contributed by atoms with Crippen molar-refractivity contribution in [1.82, 2.24) is 9.88 Å². The molecule has 0 saturated heterocycles. The highest BCUT2D eigenvalue weighted by molar-refractivity contribution is 7.91. The molecule has 2 atom stereocenters. The molecule has 3 aromatic rings. The highest BCUT2D eigenvalue weighted by atomic mass is 32.2. The topological polar surface area (TPSA) is 130 Å². The predicted octanol–water partition coefficient (Wildman–Crippen LogP) is 4.57. The number of thiophene rings is 1. The van der Waals surface area contributed by atoms with Crippen LogP contribution >= 0.6 is 11.3 Å². The second-order valence-electron chi connectivity index (χ2n) is 6.98. The van der Waals surface area contributed by atoms with Gasteiger partial charge in [-0.15, -0.1) is 11.3 Å². The molecule has 8 nitrogen and oxygen atoms in total. The number of alkyl halides is 2. The summed E-state index contributed by atoms with van der Waals surface area (Å²) in [5.74, 6) is 0.122. The zero-order chi connectivity index (χ0) is 22.8. The quantitative estimate of drug-likeness (QED) is 0.479. The highest BCUT2D eigenvalue weighted by Gasteiger charge is 2.53. The molecule has 2 heterocycles. The average molecular weight is 472 g/mol. The van der Waals surface area contributed by atoms with E-state index < -0.39 is 28.3 Å². The van der Waals surface area contributed by atoms with Gasteiger partial charge in [-0.1, -0.05) is 42.4 Å². The van der Waals surface area contributed by atoms with Gasteiger partial charge in [0.1, 0.15) is 9.90 Å². The minimum atomic E-state index is -3.71. The zero-order valence-electron chi connectivity index (χ0n) is 16.0. The van der Waals surface area contributed by atoms with Crippen LogP contribution in [0.4, 0.5) is 13.6 Å². The Hall–Kier alpha value is -2.83. The largest absolute Gasteiger partial charge is 0.503 e. The smallest absolute Gasteiger partial charge is 0.450 e. The van der Waals surface area contributed by atoms with E-state index in [1.165, 1.54) is 12.1 Å². The third-order valence-electron chi connectivity index (χ3n) is 4.81. The van der Waals surface area contributed by atoms with E-state index in [1.807, 2.05) is 37.3 Å². The van der Waals surface area contributed by atoms with Gasteiger partial charge in [-0.25, -0.2) is 26.7 Å². The number of aromatic nitrogens is 1. The van der Waals surface area contributed by atoms with E-state index in [1.54, 1.807) is 0 Å². The van der Waals surface area contributed by atoms with Crippen molar-refractivity contribution in [3.8, 4) is 10.6 Å². The van der Waals surface area contributed by atoms with Crippen LogP contribution in [-0.2, 0) is 15.4 Å². The van der Waals surface area contributed by atoms with Crippen LogP contribution in [-0.4, -0.2) is 36.0 Å². The fourth-order valence-corrected chi connectivity index (χ4v) is 5.64. The molecule has 1 saturated carbocycles. The first-order valence-corrected chi connectivity index (χ1v) is 11.2. The van der Waals surface area contributed by atoms with Gasteiger partial charge in [-0.2, -0.15) is 0 Å². The van der Waals surface area contributed by atoms with Crippen LogP contribution in [0.25, 0.3) is 10.6 Å². The first kappa shape index (κ1) is 22.8.